The number of aromatic nitrogens is 2. The number of nitro groups is 1. The topological polar surface area (TPSA) is 97.8 Å². The standard InChI is InChI=1S/C10H10N4O2.ClH/c1-6-3-2-4-7(10(6)14(15)16)8-5-9(11)13-12-8;/h2-5H,1H3,(H3,11,12,13);1H. The van der Waals surface area contributed by atoms with E-state index < -0.39 is 4.92 Å². The highest BCUT2D eigenvalue weighted by molar-refractivity contribution is 5.85. The van der Waals surface area contributed by atoms with Crippen LogP contribution in [0.3, 0.4) is 0 Å². The minimum Gasteiger partial charge on any atom is -0.382 e. The number of hydrogen-bond donors (Lipinski definition) is 2. The predicted octanol–water partition coefficient (Wildman–Crippen LogP) is 2.30. The van der Waals surface area contributed by atoms with Crippen molar-refractivity contribution in [2.45, 2.75) is 6.92 Å². The molecular formula is C10H11ClN4O2. The van der Waals surface area contributed by atoms with E-state index in [0.29, 0.717) is 22.6 Å². The largest absolute Gasteiger partial charge is 0.382 e. The Balaban J connectivity index is 0.00000144. The third-order valence-corrected chi connectivity index (χ3v) is 2.31. The van der Waals surface area contributed by atoms with Crippen LogP contribution in [0.1, 0.15) is 5.56 Å². The van der Waals surface area contributed by atoms with Crippen molar-refractivity contribution in [2.75, 3.05) is 5.73 Å². The van der Waals surface area contributed by atoms with Crippen LogP contribution in [-0.4, -0.2) is 15.1 Å². The first-order chi connectivity index (χ1) is 7.59. The molecule has 0 amide bonds. The summed E-state index contributed by atoms with van der Waals surface area (Å²) in [5, 5.41) is 17.4. The van der Waals surface area contributed by atoms with E-state index in [1.165, 1.54) is 0 Å². The molecule has 6 nitrogen and oxygen atoms in total. The summed E-state index contributed by atoms with van der Waals surface area (Å²) in [5.74, 6) is 0.311. The molecule has 2 aromatic rings. The maximum absolute atomic E-state index is 11.0. The first-order valence-corrected chi connectivity index (χ1v) is 4.65. The molecule has 0 radical (unpaired) electrons. The quantitative estimate of drug-likeness (QED) is 0.635. The summed E-state index contributed by atoms with van der Waals surface area (Å²) in [7, 11) is 0. The van der Waals surface area contributed by atoms with Crippen molar-refractivity contribution >= 4 is 23.9 Å². The maximum Gasteiger partial charge on any atom is 0.281 e. The summed E-state index contributed by atoms with van der Waals surface area (Å²) < 4.78 is 0. The number of hydrogen-bond acceptors (Lipinski definition) is 4. The minimum atomic E-state index is -0.401. The number of halogens is 1. The van der Waals surface area contributed by atoms with Crippen LogP contribution >= 0.6 is 12.4 Å². The molecule has 17 heavy (non-hydrogen) atoms. The lowest BCUT2D eigenvalue weighted by Gasteiger charge is -2.02. The molecule has 0 saturated carbocycles. The van der Waals surface area contributed by atoms with E-state index in [9.17, 15) is 10.1 Å². The highest BCUT2D eigenvalue weighted by Crippen LogP contribution is 2.31. The lowest BCUT2D eigenvalue weighted by Crippen LogP contribution is -1.95. The molecule has 1 aromatic carbocycles. The number of para-hydroxylation sites is 1. The van der Waals surface area contributed by atoms with Crippen molar-refractivity contribution in [3.8, 4) is 11.3 Å². The molecule has 0 spiro atoms. The van der Waals surface area contributed by atoms with Crippen LogP contribution in [0, 0.1) is 17.0 Å². The van der Waals surface area contributed by atoms with Crippen LogP contribution in [0.4, 0.5) is 11.5 Å². The van der Waals surface area contributed by atoms with Gasteiger partial charge in [0, 0.05) is 11.6 Å². The molecule has 0 atom stereocenters. The smallest absolute Gasteiger partial charge is 0.281 e. The Labute approximate surface area is 103 Å². The molecule has 7 heteroatoms. The lowest BCUT2D eigenvalue weighted by molar-refractivity contribution is -0.384. The Morgan fingerprint density at radius 3 is 2.71 bits per heavy atom. The average Bonchev–Trinajstić information content (AvgIpc) is 2.63. The van der Waals surface area contributed by atoms with Crippen LogP contribution in [0.25, 0.3) is 11.3 Å². The number of nitrogens with one attached hydrogen (secondary N) is 1. The molecule has 0 bridgehead atoms. The zero-order valence-corrected chi connectivity index (χ0v) is 9.82. The molecule has 0 aliphatic heterocycles. The Morgan fingerprint density at radius 1 is 1.47 bits per heavy atom. The first kappa shape index (κ1) is 13.0. The van der Waals surface area contributed by atoms with Crippen LogP contribution in [0.5, 0.6) is 0 Å². The van der Waals surface area contributed by atoms with Gasteiger partial charge in [-0.3, -0.25) is 15.2 Å². The highest BCUT2D eigenvalue weighted by atomic mass is 35.5. The van der Waals surface area contributed by atoms with Gasteiger partial charge in [-0.2, -0.15) is 5.10 Å². The second kappa shape index (κ2) is 4.84. The van der Waals surface area contributed by atoms with Crippen molar-refractivity contribution in [3.63, 3.8) is 0 Å². The molecular weight excluding hydrogens is 244 g/mol. The third-order valence-electron chi connectivity index (χ3n) is 2.31. The van der Waals surface area contributed by atoms with E-state index in [0.717, 1.165) is 0 Å². The van der Waals surface area contributed by atoms with Crippen molar-refractivity contribution in [1.82, 2.24) is 10.2 Å². The van der Waals surface area contributed by atoms with E-state index in [1.807, 2.05) is 0 Å². The van der Waals surface area contributed by atoms with Gasteiger partial charge in [-0.15, -0.1) is 12.4 Å². The summed E-state index contributed by atoms with van der Waals surface area (Å²) in [6, 6.07) is 6.69. The van der Waals surface area contributed by atoms with Gasteiger partial charge in [-0.05, 0) is 13.0 Å². The number of rotatable bonds is 2. The normalized spacial score (nSPS) is 9.71. The molecule has 3 N–H and O–H groups in total. The number of aromatic amines is 1. The van der Waals surface area contributed by atoms with Gasteiger partial charge in [-0.25, -0.2) is 0 Å². The van der Waals surface area contributed by atoms with Crippen LogP contribution in [0.2, 0.25) is 0 Å². The van der Waals surface area contributed by atoms with E-state index >= 15 is 0 Å². The van der Waals surface area contributed by atoms with Gasteiger partial charge in [0.2, 0.25) is 0 Å². The number of nitro benzene ring substituents is 1. The summed E-state index contributed by atoms with van der Waals surface area (Å²) in [5.41, 5.74) is 7.19. The van der Waals surface area contributed by atoms with E-state index in [1.54, 1.807) is 31.2 Å². The SMILES string of the molecule is Cc1cccc(-c2cc(N)n[nH]2)c1[N+](=O)[O-].Cl. The number of nitrogens with zero attached hydrogens (tertiary/aromatic N) is 2. The van der Waals surface area contributed by atoms with Crippen molar-refractivity contribution in [3.05, 3.63) is 39.9 Å². The van der Waals surface area contributed by atoms with Gasteiger partial charge in [0.1, 0.15) is 5.82 Å². The van der Waals surface area contributed by atoms with Gasteiger partial charge in [0.05, 0.1) is 16.2 Å². The lowest BCUT2D eigenvalue weighted by atomic mass is 10.1. The number of benzene rings is 1. The van der Waals surface area contributed by atoms with Crippen LogP contribution in [-0.2, 0) is 0 Å². The van der Waals surface area contributed by atoms with E-state index in [-0.39, 0.29) is 18.1 Å². The van der Waals surface area contributed by atoms with E-state index in [2.05, 4.69) is 10.2 Å². The fraction of sp³-hybridized carbons (Fsp3) is 0.100. The highest BCUT2D eigenvalue weighted by Gasteiger charge is 2.19. The fourth-order valence-corrected chi connectivity index (χ4v) is 1.59. The minimum absolute atomic E-state index is 0. The van der Waals surface area contributed by atoms with Crippen molar-refractivity contribution in [1.29, 1.82) is 0 Å². The molecule has 1 heterocycles. The number of aryl methyl sites for hydroxylation is 1. The number of H-pyrrole nitrogens is 1. The van der Waals surface area contributed by atoms with Crippen molar-refractivity contribution < 1.29 is 4.92 Å². The average molecular weight is 255 g/mol. The van der Waals surface area contributed by atoms with Gasteiger partial charge < -0.3 is 5.73 Å². The molecule has 90 valence electrons. The molecule has 0 aliphatic rings. The zero-order chi connectivity index (χ0) is 11.7. The fourth-order valence-electron chi connectivity index (χ4n) is 1.59. The summed E-state index contributed by atoms with van der Waals surface area (Å²) in [6.07, 6.45) is 0. The monoisotopic (exact) mass is 254 g/mol. The Hall–Kier alpha value is -2.08. The van der Waals surface area contributed by atoms with Crippen LogP contribution < -0.4 is 5.73 Å². The number of nitrogen functional groups attached to an aromatic ring is 1. The molecule has 0 aliphatic carbocycles. The first-order valence-electron chi connectivity index (χ1n) is 4.65. The van der Waals surface area contributed by atoms with Crippen molar-refractivity contribution in [2.24, 2.45) is 0 Å². The molecule has 2 rings (SSSR count). The third kappa shape index (κ3) is 2.36. The number of anilines is 1. The summed E-state index contributed by atoms with van der Waals surface area (Å²) >= 11 is 0. The van der Waals surface area contributed by atoms with Gasteiger partial charge in [0.25, 0.3) is 5.69 Å². The van der Waals surface area contributed by atoms with Gasteiger partial charge in [-0.1, -0.05) is 12.1 Å². The summed E-state index contributed by atoms with van der Waals surface area (Å²) in [6.45, 7) is 1.70. The molecule has 0 unspecified atom stereocenters. The van der Waals surface area contributed by atoms with E-state index in [4.69, 9.17) is 5.73 Å². The second-order valence-electron chi connectivity index (χ2n) is 3.43. The molecule has 1 aromatic heterocycles. The molecule has 0 saturated heterocycles. The van der Waals surface area contributed by atoms with Crippen LogP contribution in [0.15, 0.2) is 24.3 Å². The molecule has 0 fully saturated rings. The Morgan fingerprint density at radius 2 is 2.18 bits per heavy atom. The predicted molar refractivity (Wildman–Crippen MR) is 67.1 cm³/mol. The second-order valence-corrected chi connectivity index (χ2v) is 3.43. The number of nitrogens with two attached hydrogens (primary N) is 1. The van der Waals surface area contributed by atoms with Gasteiger partial charge >= 0.3 is 0 Å². The Bertz CT molecular complexity index is 553. The summed E-state index contributed by atoms with van der Waals surface area (Å²) in [4.78, 5) is 10.6. The maximum atomic E-state index is 11.0. The zero-order valence-electron chi connectivity index (χ0n) is 9.01. The van der Waals surface area contributed by atoms with Gasteiger partial charge in [0.15, 0.2) is 0 Å². The Kier molecular flexibility index (Phi) is 3.69.